The predicted octanol–water partition coefficient (Wildman–Crippen LogP) is 0.319. The van der Waals surface area contributed by atoms with E-state index in [0.29, 0.717) is 0 Å². The van der Waals surface area contributed by atoms with Crippen molar-refractivity contribution >= 4 is 0 Å². The Morgan fingerprint density at radius 1 is 1.86 bits per heavy atom. The molecule has 0 amide bonds. The van der Waals surface area contributed by atoms with Crippen LogP contribution in [0.4, 0.5) is 0 Å². The van der Waals surface area contributed by atoms with Gasteiger partial charge >= 0.3 is 0 Å². The molecule has 41 valence electrons. The molecule has 2 heteroatoms. The van der Waals surface area contributed by atoms with Gasteiger partial charge in [-0.05, 0) is 12.8 Å². The summed E-state index contributed by atoms with van der Waals surface area (Å²) in [6, 6.07) is 0. The maximum Gasteiger partial charge on any atom is 0.0842 e. The molecule has 0 spiro atoms. The third-order valence-electron chi connectivity index (χ3n) is 1.10. The summed E-state index contributed by atoms with van der Waals surface area (Å²) in [5.74, 6) is 0. The third-order valence-corrected chi connectivity index (χ3v) is 1.10. The van der Waals surface area contributed by atoms with Gasteiger partial charge in [0.2, 0.25) is 0 Å². The van der Waals surface area contributed by atoms with Crippen molar-refractivity contribution in [3.8, 4) is 0 Å². The van der Waals surface area contributed by atoms with E-state index in [1.807, 2.05) is 0 Å². The molecular formula is C5H9O2. The number of aliphatic hydroxyl groups is 1. The third kappa shape index (κ3) is 1.14. The summed E-state index contributed by atoms with van der Waals surface area (Å²) >= 11 is 0. The van der Waals surface area contributed by atoms with Crippen LogP contribution >= 0.6 is 0 Å². The zero-order chi connectivity index (χ0) is 5.11. The van der Waals surface area contributed by atoms with Crippen molar-refractivity contribution in [2.45, 2.75) is 18.9 Å². The highest BCUT2D eigenvalue weighted by Crippen LogP contribution is 2.13. The van der Waals surface area contributed by atoms with Crippen molar-refractivity contribution in [3.05, 3.63) is 6.61 Å². The van der Waals surface area contributed by atoms with E-state index in [0.717, 1.165) is 12.8 Å². The van der Waals surface area contributed by atoms with Crippen LogP contribution in [0, 0.1) is 6.61 Å². The van der Waals surface area contributed by atoms with E-state index in [-0.39, 0.29) is 12.7 Å². The van der Waals surface area contributed by atoms with Gasteiger partial charge in [-0.1, -0.05) is 0 Å². The van der Waals surface area contributed by atoms with E-state index in [1.165, 1.54) is 0 Å². The van der Waals surface area contributed by atoms with E-state index >= 15 is 0 Å². The molecule has 1 saturated heterocycles. The van der Waals surface area contributed by atoms with E-state index < -0.39 is 0 Å². The molecule has 1 aliphatic heterocycles. The van der Waals surface area contributed by atoms with Crippen LogP contribution in [0.5, 0.6) is 0 Å². The first-order valence-electron chi connectivity index (χ1n) is 2.51. The van der Waals surface area contributed by atoms with Crippen LogP contribution in [0.2, 0.25) is 0 Å². The standard InChI is InChI=1S/C5H9O2/c6-4-5-2-1-3-7-5/h3,5-6H,1-2,4H2/t5-/m1/s1. The Labute approximate surface area is 43.1 Å². The average molecular weight is 101 g/mol. The largest absolute Gasteiger partial charge is 0.394 e. The first-order chi connectivity index (χ1) is 3.43. The summed E-state index contributed by atoms with van der Waals surface area (Å²) in [5.41, 5.74) is 0. The molecule has 1 heterocycles. The molecule has 1 fully saturated rings. The van der Waals surface area contributed by atoms with Gasteiger partial charge in [0.15, 0.2) is 0 Å². The summed E-state index contributed by atoms with van der Waals surface area (Å²) in [6.07, 6.45) is 2.07. The zero-order valence-electron chi connectivity index (χ0n) is 4.13. The topological polar surface area (TPSA) is 29.5 Å². The van der Waals surface area contributed by atoms with Crippen molar-refractivity contribution in [2.75, 3.05) is 6.61 Å². The quantitative estimate of drug-likeness (QED) is 0.515. The molecule has 1 atom stereocenters. The van der Waals surface area contributed by atoms with E-state index in [2.05, 4.69) is 0 Å². The van der Waals surface area contributed by atoms with Crippen molar-refractivity contribution in [2.24, 2.45) is 0 Å². The van der Waals surface area contributed by atoms with Crippen molar-refractivity contribution in [1.29, 1.82) is 0 Å². The smallest absolute Gasteiger partial charge is 0.0842 e. The Hall–Kier alpha value is -0.0800. The second-order valence-electron chi connectivity index (χ2n) is 1.68. The minimum atomic E-state index is 0.0972. The summed E-state index contributed by atoms with van der Waals surface area (Å²) in [7, 11) is 0. The van der Waals surface area contributed by atoms with Crippen LogP contribution in [0.15, 0.2) is 0 Å². The fourth-order valence-electron chi connectivity index (χ4n) is 0.660. The SMILES string of the molecule is OC[C@H]1CC[CH]O1. The molecule has 0 unspecified atom stereocenters. The molecule has 1 N–H and O–H groups in total. The Bertz CT molecular complexity index is 48.0. The molecule has 0 aromatic carbocycles. The van der Waals surface area contributed by atoms with Crippen molar-refractivity contribution < 1.29 is 9.84 Å². The van der Waals surface area contributed by atoms with Gasteiger partial charge in [0.05, 0.1) is 19.3 Å². The molecular weight excluding hydrogens is 92.1 g/mol. The Morgan fingerprint density at radius 2 is 2.71 bits per heavy atom. The maximum absolute atomic E-state index is 8.42. The molecule has 1 radical (unpaired) electrons. The fourth-order valence-corrected chi connectivity index (χ4v) is 0.660. The highest BCUT2D eigenvalue weighted by atomic mass is 16.5. The Morgan fingerprint density at radius 3 is 3.00 bits per heavy atom. The van der Waals surface area contributed by atoms with Crippen LogP contribution in [0.1, 0.15) is 12.8 Å². The lowest BCUT2D eigenvalue weighted by atomic mass is 10.2. The molecule has 0 aliphatic carbocycles. The fraction of sp³-hybridized carbons (Fsp3) is 0.800. The van der Waals surface area contributed by atoms with E-state index in [4.69, 9.17) is 9.84 Å². The zero-order valence-corrected chi connectivity index (χ0v) is 4.13. The molecule has 0 aromatic rings. The van der Waals surface area contributed by atoms with E-state index in [1.54, 1.807) is 6.61 Å². The average Bonchev–Trinajstić information content (AvgIpc) is 2.14. The Balaban J connectivity index is 2.14. The molecule has 0 aromatic heterocycles. The van der Waals surface area contributed by atoms with Gasteiger partial charge < -0.3 is 9.84 Å². The monoisotopic (exact) mass is 101 g/mol. The van der Waals surface area contributed by atoms with Gasteiger partial charge in [0.1, 0.15) is 0 Å². The number of hydrogen-bond acceptors (Lipinski definition) is 2. The second kappa shape index (κ2) is 2.28. The first kappa shape index (κ1) is 5.06. The number of ether oxygens (including phenoxy) is 1. The van der Waals surface area contributed by atoms with Gasteiger partial charge in [-0.25, -0.2) is 0 Å². The lowest BCUT2D eigenvalue weighted by Gasteiger charge is -2.00. The van der Waals surface area contributed by atoms with Crippen LogP contribution in [-0.2, 0) is 4.74 Å². The second-order valence-corrected chi connectivity index (χ2v) is 1.68. The van der Waals surface area contributed by atoms with Gasteiger partial charge in [-0.2, -0.15) is 0 Å². The molecule has 0 saturated carbocycles. The summed E-state index contributed by atoms with van der Waals surface area (Å²) < 4.78 is 4.93. The highest BCUT2D eigenvalue weighted by molar-refractivity contribution is 4.69. The first-order valence-corrected chi connectivity index (χ1v) is 2.51. The van der Waals surface area contributed by atoms with E-state index in [9.17, 15) is 0 Å². The van der Waals surface area contributed by atoms with Gasteiger partial charge in [-0.3, -0.25) is 0 Å². The number of rotatable bonds is 1. The van der Waals surface area contributed by atoms with Crippen molar-refractivity contribution in [1.82, 2.24) is 0 Å². The van der Waals surface area contributed by atoms with Crippen LogP contribution in [0.3, 0.4) is 0 Å². The molecule has 1 aliphatic rings. The summed E-state index contributed by atoms with van der Waals surface area (Å²) in [4.78, 5) is 0. The van der Waals surface area contributed by atoms with Crippen LogP contribution in [-0.4, -0.2) is 17.8 Å². The summed E-state index contributed by atoms with van der Waals surface area (Å²) in [5, 5.41) is 8.42. The molecule has 1 rings (SSSR count). The van der Waals surface area contributed by atoms with Crippen molar-refractivity contribution in [3.63, 3.8) is 0 Å². The summed E-state index contributed by atoms with van der Waals surface area (Å²) in [6.45, 7) is 1.91. The number of hydrogen-bond donors (Lipinski definition) is 1. The Kier molecular flexibility index (Phi) is 1.65. The number of aliphatic hydroxyl groups excluding tert-OH is 1. The molecule has 2 nitrogen and oxygen atoms in total. The lowest BCUT2D eigenvalue weighted by Crippen LogP contribution is -2.08. The minimum Gasteiger partial charge on any atom is -0.394 e. The van der Waals surface area contributed by atoms with Gasteiger partial charge in [-0.15, -0.1) is 0 Å². The predicted molar refractivity (Wildman–Crippen MR) is 25.5 cm³/mol. The molecule has 7 heavy (non-hydrogen) atoms. The van der Waals surface area contributed by atoms with Gasteiger partial charge in [0, 0.05) is 0 Å². The van der Waals surface area contributed by atoms with Gasteiger partial charge in [0.25, 0.3) is 0 Å². The minimum absolute atomic E-state index is 0.0972. The maximum atomic E-state index is 8.42. The molecule has 0 bridgehead atoms. The normalized spacial score (nSPS) is 31.3. The van der Waals surface area contributed by atoms with Crippen LogP contribution in [0.25, 0.3) is 0 Å². The lowest BCUT2D eigenvalue weighted by molar-refractivity contribution is 0.0869. The highest BCUT2D eigenvalue weighted by Gasteiger charge is 2.13. The van der Waals surface area contributed by atoms with Crippen LogP contribution < -0.4 is 0 Å².